The third kappa shape index (κ3) is 2.22. The van der Waals surface area contributed by atoms with E-state index in [1.54, 1.807) is 0 Å². The standard InChI is InChI=1S/C24H30N2O3S/c25-23(28)24-8-13-6-15(24)7-14(9-24)19(13)21-20(17-3-4-29-11-18(17)30-21)22(27)26-10-12-1-2-16(26)5-12/h12-16,19H,1-11H2,(H2,25,28). The molecule has 5 nitrogen and oxygen atoms in total. The number of thiophene rings is 1. The molecule has 0 aromatic carbocycles. The van der Waals surface area contributed by atoms with E-state index in [4.69, 9.17) is 10.5 Å². The second kappa shape index (κ2) is 6.10. The molecule has 160 valence electrons. The van der Waals surface area contributed by atoms with Gasteiger partial charge in [0.1, 0.15) is 0 Å². The van der Waals surface area contributed by atoms with Crippen LogP contribution in [0.1, 0.15) is 76.5 Å². The van der Waals surface area contributed by atoms with Crippen molar-refractivity contribution in [2.45, 2.75) is 69.9 Å². The van der Waals surface area contributed by atoms with Crippen LogP contribution in [0.15, 0.2) is 0 Å². The lowest BCUT2D eigenvalue weighted by Gasteiger charge is -2.38. The lowest BCUT2D eigenvalue weighted by atomic mass is 9.67. The van der Waals surface area contributed by atoms with Crippen molar-refractivity contribution >= 4 is 23.2 Å². The second-order valence-corrected chi connectivity index (χ2v) is 12.1. The number of hydrogen-bond acceptors (Lipinski definition) is 4. The highest BCUT2D eigenvalue weighted by Gasteiger charge is 2.65. The summed E-state index contributed by atoms with van der Waals surface area (Å²) in [5, 5.41) is 0. The summed E-state index contributed by atoms with van der Waals surface area (Å²) in [4.78, 5) is 31.1. The normalized spacial score (nSPS) is 42.9. The van der Waals surface area contributed by atoms with Gasteiger partial charge in [-0.2, -0.15) is 0 Å². The Labute approximate surface area is 181 Å². The number of likely N-dealkylation sites (tertiary alicyclic amines) is 1. The van der Waals surface area contributed by atoms with Gasteiger partial charge in [-0.3, -0.25) is 9.59 Å². The fourth-order valence-electron chi connectivity index (χ4n) is 8.60. The van der Waals surface area contributed by atoms with Gasteiger partial charge in [0.05, 0.1) is 24.2 Å². The van der Waals surface area contributed by atoms with Gasteiger partial charge in [0.2, 0.25) is 5.91 Å². The first-order valence-electron chi connectivity index (χ1n) is 11.9. The highest BCUT2D eigenvalue weighted by Crippen LogP contribution is 2.70. The second-order valence-electron chi connectivity index (χ2n) is 11.0. The quantitative estimate of drug-likeness (QED) is 0.805. The SMILES string of the molecule is NC(=O)C12CC3CC1CC(C2)C3c1sc2c(c1C(=O)N1CC3CCC1C3)CCOC2. The van der Waals surface area contributed by atoms with Crippen LogP contribution in [0, 0.1) is 29.1 Å². The highest BCUT2D eigenvalue weighted by atomic mass is 32.1. The molecule has 30 heavy (non-hydrogen) atoms. The molecule has 6 fully saturated rings. The van der Waals surface area contributed by atoms with E-state index < -0.39 is 0 Å². The monoisotopic (exact) mass is 426 g/mol. The fraction of sp³-hybridized carbons (Fsp3) is 0.750. The predicted molar refractivity (Wildman–Crippen MR) is 113 cm³/mol. The Balaban J connectivity index is 1.30. The zero-order valence-corrected chi connectivity index (χ0v) is 18.2. The topological polar surface area (TPSA) is 72.6 Å². The molecular weight excluding hydrogens is 396 g/mol. The van der Waals surface area contributed by atoms with Gasteiger partial charge in [0, 0.05) is 22.3 Å². The maximum absolute atomic E-state index is 13.9. The molecule has 0 spiro atoms. The Hall–Kier alpha value is -1.40. The predicted octanol–water partition coefficient (Wildman–Crippen LogP) is 3.45. The van der Waals surface area contributed by atoms with E-state index in [-0.39, 0.29) is 11.3 Å². The first kappa shape index (κ1) is 18.2. The van der Waals surface area contributed by atoms with Crippen molar-refractivity contribution < 1.29 is 14.3 Å². The molecule has 4 unspecified atom stereocenters. The maximum atomic E-state index is 13.9. The van der Waals surface area contributed by atoms with Gasteiger partial charge in [-0.05, 0) is 86.5 Å². The summed E-state index contributed by atoms with van der Waals surface area (Å²) < 4.78 is 5.78. The molecule has 1 aromatic heterocycles. The molecule has 0 radical (unpaired) electrons. The first-order valence-corrected chi connectivity index (χ1v) is 12.7. The summed E-state index contributed by atoms with van der Waals surface area (Å²) in [5.74, 6) is 2.89. The number of nitrogens with two attached hydrogens (primary N) is 1. The lowest BCUT2D eigenvalue weighted by Crippen LogP contribution is -2.40. The van der Waals surface area contributed by atoms with E-state index in [0.29, 0.717) is 48.1 Å². The van der Waals surface area contributed by atoms with Gasteiger partial charge >= 0.3 is 0 Å². The van der Waals surface area contributed by atoms with E-state index in [1.807, 2.05) is 11.3 Å². The summed E-state index contributed by atoms with van der Waals surface area (Å²) >= 11 is 1.86. The smallest absolute Gasteiger partial charge is 0.255 e. The lowest BCUT2D eigenvalue weighted by molar-refractivity contribution is -0.129. The van der Waals surface area contributed by atoms with Crippen LogP contribution in [-0.4, -0.2) is 35.9 Å². The van der Waals surface area contributed by atoms with E-state index in [9.17, 15) is 9.59 Å². The Kier molecular flexibility index (Phi) is 3.70. The van der Waals surface area contributed by atoms with Crippen molar-refractivity contribution in [1.29, 1.82) is 0 Å². The summed E-state index contributed by atoms with van der Waals surface area (Å²) in [6, 6.07) is 0.458. The van der Waals surface area contributed by atoms with E-state index >= 15 is 0 Å². The number of ether oxygens (including phenoxy) is 1. The van der Waals surface area contributed by atoms with Crippen LogP contribution in [0.3, 0.4) is 0 Å². The zero-order chi connectivity index (χ0) is 20.2. The number of rotatable bonds is 3. The van der Waals surface area contributed by atoms with E-state index in [0.717, 1.165) is 50.8 Å². The van der Waals surface area contributed by atoms with Crippen LogP contribution in [0.2, 0.25) is 0 Å². The van der Waals surface area contributed by atoms with Crippen LogP contribution >= 0.6 is 11.3 Å². The molecule has 2 aliphatic heterocycles. The molecular formula is C24H30N2O3S. The van der Waals surface area contributed by atoms with E-state index in [1.165, 1.54) is 34.6 Å². The average molecular weight is 427 g/mol. The molecule has 5 aliphatic carbocycles. The van der Waals surface area contributed by atoms with E-state index in [2.05, 4.69) is 4.90 Å². The van der Waals surface area contributed by atoms with Crippen LogP contribution < -0.4 is 5.73 Å². The minimum Gasteiger partial charge on any atom is -0.376 e. The molecule has 1 saturated heterocycles. The molecule has 6 heteroatoms. The van der Waals surface area contributed by atoms with Gasteiger partial charge in [-0.25, -0.2) is 0 Å². The van der Waals surface area contributed by atoms with Crippen LogP contribution in [0.4, 0.5) is 0 Å². The summed E-state index contributed by atoms with van der Waals surface area (Å²) in [6.45, 7) is 2.33. The number of nitrogens with zero attached hydrogens (tertiary/aromatic N) is 1. The Morgan fingerprint density at radius 3 is 2.57 bits per heavy atom. The first-order chi connectivity index (χ1) is 14.5. The number of piperidine rings is 1. The van der Waals surface area contributed by atoms with Gasteiger partial charge < -0.3 is 15.4 Å². The van der Waals surface area contributed by atoms with Crippen molar-refractivity contribution in [2.24, 2.45) is 34.8 Å². The summed E-state index contributed by atoms with van der Waals surface area (Å²) in [5.41, 5.74) is 8.00. The van der Waals surface area contributed by atoms with Crippen molar-refractivity contribution in [2.75, 3.05) is 13.2 Å². The molecule has 1 aromatic rings. The molecule has 5 saturated carbocycles. The number of primary amides is 1. The Morgan fingerprint density at radius 2 is 1.93 bits per heavy atom. The molecule has 2 amide bonds. The Bertz CT molecular complexity index is 938. The molecule has 2 N–H and O–H groups in total. The van der Waals surface area contributed by atoms with Crippen LogP contribution in [-0.2, 0) is 22.6 Å². The molecule has 7 aliphatic rings. The Morgan fingerprint density at radius 1 is 1.13 bits per heavy atom. The number of hydrogen-bond donors (Lipinski definition) is 1. The van der Waals surface area contributed by atoms with Crippen molar-refractivity contribution in [3.63, 3.8) is 0 Å². The van der Waals surface area contributed by atoms with Crippen molar-refractivity contribution in [1.82, 2.24) is 4.90 Å². The van der Waals surface area contributed by atoms with Gasteiger partial charge in [-0.15, -0.1) is 11.3 Å². The van der Waals surface area contributed by atoms with Crippen molar-refractivity contribution in [3.05, 3.63) is 20.9 Å². The minimum absolute atomic E-state index is 0.0702. The maximum Gasteiger partial charge on any atom is 0.255 e. The average Bonchev–Trinajstić information content (AvgIpc) is 3.52. The van der Waals surface area contributed by atoms with Gasteiger partial charge in [0.25, 0.3) is 5.91 Å². The summed E-state index contributed by atoms with van der Waals surface area (Å²) in [7, 11) is 0. The third-order valence-electron chi connectivity index (χ3n) is 9.75. The fourth-order valence-corrected chi connectivity index (χ4v) is 10.2. The third-order valence-corrected chi connectivity index (χ3v) is 11.1. The number of fused-ring (bicyclic) bond motifs is 3. The molecule has 8 rings (SSSR count). The zero-order valence-electron chi connectivity index (χ0n) is 17.4. The number of amides is 2. The van der Waals surface area contributed by atoms with Gasteiger partial charge in [0.15, 0.2) is 0 Å². The highest BCUT2D eigenvalue weighted by molar-refractivity contribution is 7.12. The molecule has 3 heterocycles. The van der Waals surface area contributed by atoms with Crippen molar-refractivity contribution in [3.8, 4) is 0 Å². The number of carbonyl (C=O) groups is 2. The summed E-state index contributed by atoms with van der Waals surface area (Å²) in [6.07, 6.45) is 8.65. The minimum atomic E-state index is -0.246. The van der Waals surface area contributed by atoms with Gasteiger partial charge in [-0.1, -0.05) is 0 Å². The largest absolute Gasteiger partial charge is 0.376 e. The van der Waals surface area contributed by atoms with Crippen LogP contribution in [0.25, 0.3) is 0 Å². The van der Waals surface area contributed by atoms with Crippen LogP contribution in [0.5, 0.6) is 0 Å². The molecule has 6 bridgehead atoms. The number of carbonyl (C=O) groups excluding carboxylic acids is 2. The molecule has 4 atom stereocenters.